The molecule has 7 nitrogen and oxygen atoms in total. The Morgan fingerprint density at radius 1 is 1.45 bits per heavy atom. The molecule has 0 aromatic carbocycles. The number of alkyl carbamates (subject to hydrolysis) is 1. The van der Waals surface area contributed by atoms with Gasteiger partial charge in [-0.2, -0.15) is 0 Å². The van der Waals surface area contributed by atoms with Gasteiger partial charge in [0.1, 0.15) is 11.6 Å². The maximum atomic E-state index is 12.0. The zero-order chi connectivity index (χ0) is 14.8. The summed E-state index contributed by atoms with van der Waals surface area (Å²) in [6.45, 7) is 5.56. The van der Waals surface area contributed by atoms with Gasteiger partial charge in [0.25, 0.3) is 0 Å². The highest BCUT2D eigenvalue weighted by atomic mass is 16.6. The maximum absolute atomic E-state index is 12.0. The molecule has 1 aliphatic rings. The van der Waals surface area contributed by atoms with Crippen LogP contribution in [0.3, 0.4) is 0 Å². The third-order valence-electron chi connectivity index (χ3n) is 2.58. The second kappa shape index (κ2) is 5.36. The van der Waals surface area contributed by atoms with Crippen LogP contribution in [0.2, 0.25) is 0 Å². The number of aromatic nitrogens is 1. The largest absolute Gasteiger partial charge is 0.444 e. The summed E-state index contributed by atoms with van der Waals surface area (Å²) in [6, 6.07) is 0.980. The van der Waals surface area contributed by atoms with Gasteiger partial charge in [-0.25, -0.2) is 4.79 Å². The number of anilines is 2. The van der Waals surface area contributed by atoms with Crippen LogP contribution in [-0.4, -0.2) is 35.2 Å². The Hall–Kier alpha value is -2.31. The van der Waals surface area contributed by atoms with Crippen LogP contribution in [0, 0.1) is 0 Å². The number of nitrogens with one attached hydrogen (secondary N) is 3. The van der Waals surface area contributed by atoms with Crippen molar-refractivity contribution in [3.8, 4) is 0 Å². The summed E-state index contributed by atoms with van der Waals surface area (Å²) in [5.41, 5.74) is 0.749. The summed E-state index contributed by atoms with van der Waals surface area (Å²) in [5.74, 6) is -0.298. The fourth-order valence-electron chi connectivity index (χ4n) is 1.74. The van der Waals surface area contributed by atoms with Gasteiger partial charge in [0.05, 0.1) is 17.6 Å². The van der Waals surface area contributed by atoms with Crippen molar-refractivity contribution >= 4 is 23.4 Å². The van der Waals surface area contributed by atoms with Gasteiger partial charge in [0.2, 0.25) is 5.91 Å². The summed E-state index contributed by atoms with van der Waals surface area (Å²) >= 11 is 0. The number of amides is 2. The molecule has 0 radical (unpaired) electrons. The molecule has 0 saturated heterocycles. The lowest BCUT2D eigenvalue weighted by molar-refractivity contribution is -0.117. The number of fused-ring (bicyclic) bond motifs is 1. The Kier molecular flexibility index (Phi) is 3.78. The molecule has 1 unspecified atom stereocenters. The van der Waals surface area contributed by atoms with Crippen LogP contribution in [0.15, 0.2) is 18.5 Å². The Labute approximate surface area is 117 Å². The fourth-order valence-corrected chi connectivity index (χ4v) is 1.74. The Balaban J connectivity index is 2.02. The zero-order valence-electron chi connectivity index (χ0n) is 11.7. The van der Waals surface area contributed by atoms with E-state index < -0.39 is 17.7 Å². The van der Waals surface area contributed by atoms with E-state index in [9.17, 15) is 9.59 Å². The number of hydrogen-bond donors (Lipinski definition) is 3. The first-order chi connectivity index (χ1) is 9.35. The molecule has 1 aromatic rings. The molecule has 0 fully saturated rings. The van der Waals surface area contributed by atoms with Crippen molar-refractivity contribution in [2.75, 3.05) is 17.2 Å². The van der Waals surface area contributed by atoms with Crippen LogP contribution in [0.4, 0.5) is 16.2 Å². The van der Waals surface area contributed by atoms with Crippen molar-refractivity contribution in [1.82, 2.24) is 10.3 Å². The first-order valence-electron chi connectivity index (χ1n) is 6.33. The minimum atomic E-state index is -0.711. The molecule has 108 valence electrons. The van der Waals surface area contributed by atoms with Crippen LogP contribution in [0.1, 0.15) is 20.8 Å². The van der Waals surface area contributed by atoms with Gasteiger partial charge in [0.15, 0.2) is 0 Å². The van der Waals surface area contributed by atoms with Crippen molar-refractivity contribution in [2.45, 2.75) is 32.4 Å². The van der Waals surface area contributed by atoms with Crippen LogP contribution in [-0.2, 0) is 9.53 Å². The molecule has 2 heterocycles. The number of carbonyl (C=O) groups is 2. The lowest BCUT2D eigenvalue weighted by atomic mass is 10.2. The predicted octanol–water partition coefficient (Wildman–Crippen LogP) is 1.34. The fraction of sp³-hybridized carbons (Fsp3) is 0.462. The Bertz CT molecular complexity index is 525. The van der Waals surface area contributed by atoms with E-state index in [2.05, 4.69) is 20.9 Å². The highest BCUT2D eigenvalue weighted by molar-refractivity contribution is 6.00. The molecule has 0 spiro atoms. The molecular weight excluding hydrogens is 260 g/mol. The van der Waals surface area contributed by atoms with E-state index in [0.29, 0.717) is 11.4 Å². The molecule has 2 amide bonds. The highest BCUT2D eigenvalue weighted by Crippen LogP contribution is 2.22. The molecule has 0 saturated carbocycles. The SMILES string of the molecule is CC(C)(C)OC(=O)NC1CNc2cnccc2NC1=O. The molecule has 7 heteroatoms. The summed E-state index contributed by atoms with van der Waals surface area (Å²) in [6.07, 6.45) is 2.58. The van der Waals surface area contributed by atoms with Crippen LogP contribution >= 0.6 is 0 Å². The van der Waals surface area contributed by atoms with Crippen molar-refractivity contribution in [3.05, 3.63) is 18.5 Å². The van der Waals surface area contributed by atoms with Crippen LogP contribution in [0.25, 0.3) is 0 Å². The van der Waals surface area contributed by atoms with Gasteiger partial charge in [0, 0.05) is 12.7 Å². The van der Waals surface area contributed by atoms with Gasteiger partial charge >= 0.3 is 6.09 Å². The summed E-state index contributed by atoms with van der Waals surface area (Å²) in [7, 11) is 0. The van der Waals surface area contributed by atoms with Gasteiger partial charge in [-0.1, -0.05) is 0 Å². The van der Waals surface area contributed by atoms with Crippen molar-refractivity contribution in [3.63, 3.8) is 0 Å². The molecule has 1 aliphatic heterocycles. The third kappa shape index (κ3) is 3.59. The first-order valence-corrected chi connectivity index (χ1v) is 6.33. The van der Waals surface area contributed by atoms with Crippen molar-refractivity contribution in [1.29, 1.82) is 0 Å². The minimum Gasteiger partial charge on any atom is -0.444 e. The minimum absolute atomic E-state index is 0.268. The van der Waals surface area contributed by atoms with Crippen LogP contribution in [0.5, 0.6) is 0 Å². The molecule has 1 aromatic heterocycles. The third-order valence-corrected chi connectivity index (χ3v) is 2.58. The number of nitrogens with zero attached hydrogens (tertiary/aromatic N) is 1. The quantitative estimate of drug-likeness (QED) is 0.721. The molecule has 20 heavy (non-hydrogen) atoms. The van der Waals surface area contributed by atoms with Gasteiger partial charge in [-0.15, -0.1) is 0 Å². The number of hydrogen-bond acceptors (Lipinski definition) is 5. The molecule has 0 bridgehead atoms. The molecule has 2 rings (SSSR count). The summed E-state index contributed by atoms with van der Waals surface area (Å²) in [5, 5.41) is 8.33. The van der Waals surface area contributed by atoms with E-state index in [1.54, 1.807) is 39.2 Å². The topological polar surface area (TPSA) is 92.3 Å². The zero-order valence-corrected chi connectivity index (χ0v) is 11.7. The number of rotatable bonds is 1. The van der Waals surface area contributed by atoms with Gasteiger partial charge < -0.3 is 20.7 Å². The van der Waals surface area contributed by atoms with Crippen molar-refractivity contribution in [2.24, 2.45) is 0 Å². The number of carbonyl (C=O) groups excluding carboxylic acids is 2. The first kappa shape index (κ1) is 14.1. The lowest BCUT2D eigenvalue weighted by Crippen LogP contribution is -2.48. The van der Waals surface area contributed by atoms with Crippen LogP contribution < -0.4 is 16.0 Å². The maximum Gasteiger partial charge on any atom is 0.408 e. The van der Waals surface area contributed by atoms with E-state index in [0.717, 1.165) is 0 Å². The summed E-state index contributed by atoms with van der Waals surface area (Å²) < 4.78 is 5.14. The number of ether oxygens (including phenoxy) is 1. The monoisotopic (exact) mass is 278 g/mol. The van der Waals surface area contributed by atoms with E-state index in [1.165, 1.54) is 0 Å². The average Bonchev–Trinajstić information content (AvgIpc) is 2.47. The lowest BCUT2D eigenvalue weighted by Gasteiger charge is -2.22. The van der Waals surface area contributed by atoms with E-state index in [4.69, 9.17) is 4.74 Å². The van der Waals surface area contributed by atoms with E-state index >= 15 is 0 Å². The highest BCUT2D eigenvalue weighted by Gasteiger charge is 2.27. The Morgan fingerprint density at radius 2 is 2.20 bits per heavy atom. The van der Waals surface area contributed by atoms with Gasteiger partial charge in [-0.3, -0.25) is 9.78 Å². The molecule has 3 N–H and O–H groups in total. The second-order valence-corrected chi connectivity index (χ2v) is 5.49. The standard InChI is InChI=1S/C13H18N4O3/c1-13(2,3)20-12(19)17-10-7-15-9-6-14-5-4-8(9)16-11(10)18/h4-6,10,15H,7H2,1-3H3,(H,16,18)(H,17,19). The van der Waals surface area contributed by atoms with E-state index in [1.807, 2.05) is 0 Å². The predicted molar refractivity (Wildman–Crippen MR) is 74.5 cm³/mol. The Morgan fingerprint density at radius 3 is 2.90 bits per heavy atom. The smallest absolute Gasteiger partial charge is 0.408 e. The average molecular weight is 278 g/mol. The molecule has 1 atom stereocenters. The van der Waals surface area contributed by atoms with Gasteiger partial charge in [-0.05, 0) is 26.8 Å². The van der Waals surface area contributed by atoms with E-state index in [-0.39, 0.29) is 12.5 Å². The second-order valence-electron chi connectivity index (χ2n) is 5.49. The molecular formula is C13H18N4O3. The number of pyridine rings is 1. The van der Waals surface area contributed by atoms with Crippen molar-refractivity contribution < 1.29 is 14.3 Å². The summed E-state index contributed by atoms with van der Waals surface area (Å²) in [4.78, 5) is 27.7. The normalized spacial score (nSPS) is 18.1. The molecule has 0 aliphatic carbocycles.